The zero-order valence-electron chi connectivity index (χ0n) is 19.4. The summed E-state index contributed by atoms with van der Waals surface area (Å²) >= 11 is 1.47. The molecule has 4 aromatic heterocycles. The number of likely N-dealkylation sites (tertiary alicyclic amines) is 1. The Morgan fingerprint density at radius 1 is 1.19 bits per heavy atom. The Bertz CT molecular complexity index is 1390. The van der Waals surface area contributed by atoms with Crippen LogP contribution < -0.4 is 10.1 Å². The molecule has 1 atom stereocenters. The van der Waals surface area contributed by atoms with Crippen LogP contribution in [-0.2, 0) is 11.3 Å². The Balaban J connectivity index is 1.37. The van der Waals surface area contributed by atoms with E-state index in [1.807, 2.05) is 18.2 Å². The van der Waals surface area contributed by atoms with Crippen molar-refractivity contribution in [2.45, 2.75) is 25.3 Å². The molecule has 4 aromatic rings. The van der Waals surface area contributed by atoms with Crippen LogP contribution in [-0.4, -0.2) is 67.7 Å². The molecular formula is C23H22F2N8O2S. The fourth-order valence-corrected chi connectivity index (χ4v) is 4.91. The van der Waals surface area contributed by atoms with Gasteiger partial charge >= 0.3 is 0 Å². The van der Waals surface area contributed by atoms with E-state index in [-0.39, 0.29) is 23.7 Å². The van der Waals surface area contributed by atoms with Crippen LogP contribution >= 0.6 is 11.3 Å². The van der Waals surface area contributed by atoms with Gasteiger partial charge in [-0.05, 0) is 24.6 Å². The molecule has 0 spiro atoms. The number of likely N-dealkylation sites (N-methyl/N-ethyl adjacent to an activating group) is 1. The number of nitrogens with one attached hydrogen (secondary N) is 1. The summed E-state index contributed by atoms with van der Waals surface area (Å²) in [5.41, 5.74) is 2.26. The van der Waals surface area contributed by atoms with Crippen LogP contribution in [0.1, 0.15) is 17.3 Å². The van der Waals surface area contributed by atoms with Crippen LogP contribution in [0.15, 0.2) is 42.9 Å². The molecule has 1 aliphatic rings. The van der Waals surface area contributed by atoms with Gasteiger partial charge in [-0.15, -0.1) is 16.4 Å². The van der Waals surface area contributed by atoms with Crippen LogP contribution in [0.2, 0.25) is 0 Å². The molecule has 0 aromatic carbocycles. The third-order valence-corrected chi connectivity index (χ3v) is 6.79. The number of alkyl halides is 2. The Morgan fingerprint density at radius 2 is 2.00 bits per heavy atom. The summed E-state index contributed by atoms with van der Waals surface area (Å²) in [5.74, 6) is 0.278. The molecule has 1 amide bonds. The molecule has 1 fully saturated rings. The minimum Gasteiger partial charge on any atom is -0.478 e. The zero-order valence-corrected chi connectivity index (χ0v) is 20.2. The topological polar surface area (TPSA) is 111 Å². The maximum atomic E-state index is 12.7. The van der Waals surface area contributed by atoms with Gasteiger partial charge in [0.1, 0.15) is 17.2 Å². The first kappa shape index (κ1) is 23.7. The molecule has 0 bridgehead atoms. The summed E-state index contributed by atoms with van der Waals surface area (Å²) in [7, 11) is 3.21. The minimum atomic E-state index is -2.55. The lowest BCUT2D eigenvalue weighted by molar-refractivity contribution is -0.127. The quantitative estimate of drug-likeness (QED) is 0.379. The van der Waals surface area contributed by atoms with Crippen molar-refractivity contribution in [2.75, 3.05) is 26.0 Å². The first-order valence-corrected chi connectivity index (χ1v) is 11.9. The van der Waals surface area contributed by atoms with Gasteiger partial charge in [-0.3, -0.25) is 9.48 Å². The maximum Gasteiger partial charge on any atom is 0.257 e. The second-order valence-electron chi connectivity index (χ2n) is 8.13. The van der Waals surface area contributed by atoms with Gasteiger partial charge in [0, 0.05) is 26.0 Å². The van der Waals surface area contributed by atoms with Crippen molar-refractivity contribution in [2.24, 2.45) is 0 Å². The van der Waals surface area contributed by atoms with Gasteiger partial charge in [0.25, 0.3) is 12.3 Å². The second kappa shape index (κ2) is 9.93. The highest BCUT2D eigenvalue weighted by molar-refractivity contribution is 7.15. The van der Waals surface area contributed by atoms with Crippen molar-refractivity contribution in [3.8, 4) is 27.8 Å². The lowest BCUT2D eigenvalue weighted by atomic mass is 10.1. The molecular weight excluding hydrogens is 490 g/mol. The second-order valence-corrected chi connectivity index (χ2v) is 9.19. The van der Waals surface area contributed by atoms with E-state index in [0.29, 0.717) is 17.1 Å². The Kier molecular flexibility index (Phi) is 6.55. The molecule has 0 aliphatic carbocycles. The number of rotatable bonds is 8. The number of carbonyl (C=O) groups is 1. The maximum absolute atomic E-state index is 12.7. The van der Waals surface area contributed by atoms with Crippen LogP contribution in [0.25, 0.3) is 22.0 Å². The number of halogens is 2. The Hall–Kier alpha value is -4.00. The van der Waals surface area contributed by atoms with E-state index in [1.54, 1.807) is 30.4 Å². The fraction of sp³-hybridized carbons (Fsp3) is 0.304. The number of carbonyl (C=O) groups excluding carboxylic acids is 1. The van der Waals surface area contributed by atoms with E-state index < -0.39 is 13.0 Å². The average molecular weight is 513 g/mol. The summed E-state index contributed by atoms with van der Waals surface area (Å²) in [6, 6.07) is 7.30. The first-order chi connectivity index (χ1) is 17.4. The van der Waals surface area contributed by atoms with Gasteiger partial charge in [-0.2, -0.15) is 0 Å². The number of hydrogen-bond acceptors (Lipinski definition) is 9. The molecule has 10 nitrogen and oxygen atoms in total. The molecule has 1 aliphatic heterocycles. The summed E-state index contributed by atoms with van der Waals surface area (Å²) in [6.45, 7) is 0.176. The third kappa shape index (κ3) is 4.87. The Morgan fingerprint density at radius 3 is 2.75 bits per heavy atom. The molecule has 1 N–H and O–H groups in total. The monoisotopic (exact) mass is 512 g/mol. The predicted molar refractivity (Wildman–Crippen MR) is 129 cm³/mol. The molecule has 1 saturated heterocycles. The lowest BCUT2D eigenvalue weighted by Crippen LogP contribution is -2.21. The molecule has 13 heteroatoms. The van der Waals surface area contributed by atoms with Crippen molar-refractivity contribution in [1.29, 1.82) is 0 Å². The van der Waals surface area contributed by atoms with Crippen molar-refractivity contribution >= 4 is 28.9 Å². The third-order valence-electron chi connectivity index (χ3n) is 5.66. The molecule has 0 radical (unpaired) electrons. The number of anilines is 2. The van der Waals surface area contributed by atoms with Crippen LogP contribution in [0.4, 0.5) is 20.4 Å². The van der Waals surface area contributed by atoms with E-state index in [9.17, 15) is 13.6 Å². The first-order valence-electron chi connectivity index (χ1n) is 11.1. The molecule has 186 valence electrons. The molecule has 5 rings (SSSR count). The number of hydrogen-bond donors (Lipinski definition) is 1. The number of amides is 1. The summed E-state index contributed by atoms with van der Waals surface area (Å²) < 4.78 is 31.7. The van der Waals surface area contributed by atoms with Gasteiger partial charge in [0.2, 0.25) is 11.9 Å². The number of thiazole rings is 1. The largest absolute Gasteiger partial charge is 0.478 e. The molecule has 36 heavy (non-hydrogen) atoms. The van der Waals surface area contributed by atoms with E-state index in [1.165, 1.54) is 24.6 Å². The smallest absolute Gasteiger partial charge is 0.257 e. The van der Waals surface area contributed by atoms with Crippen molar-refractivity contribution in [3.05, 3.63) is 47.9 Å². The number of methoxy groups -OCH3 is 1. The van der Waals surface area contributed by atoms with E-state index in [0.717, 1.165) is 33.2 Å². The van der Waals surface area contributed by atoms with Crippen LogP contribution in [0.3, 0.4) is 0 Å². The average Bonchev–Trinajstić information content (AvgIpc) is 3.58. The van der Waals surface area contributed by atoms with Crippen LogP contribution in [0.5, 0.6) is 5.88 Å². The van der Waals surface area contributed by atoms with Gasteiger partial charge < -0.3 is 15.0 Å². The summed E-state index contributed by atoms with van der Waals surface area (Å²) in [4.78, 5) is 32.9. The van der Waals surface area contributed by atoms with Crippen molar-refractivity contribution in [3.63, 3.8) is 0 Å². The van der Waals surface area contributed by atoms with E-state index in [4.69, 9.17) is 9.72 Å². The minimum absolute atomic E-state index is 0.0926. The number of aromatic nitrogens is 6. The molecule has 0 saturated carbocycles. The summed E-state index contributed by atoms with van der Waals surface area (Å²) in [6.07, 6.45) is 2.94. The Labute approximate surface area is 209 Å². The zero-order chi connectivity index (χ0) is 25.2. The highest BCUT2D eigenvalue weighted by Gasteiger charge is 2.32. The van der Waals surface area contributed by atoms with Crippen LogP contribution in [0, 0.1) is 0 Å². The predicted octanol–water partition coefficient (Wildman–Crippen LogP) is 3.82. The van der Waals surface area contributed by atoms with Crippen molar-refractivity contribution in [1.82, 2.24) is 34.6 Å². The van der Waals surface area contributed by atoms with Gasteiger partial charge in [-0.1, -0.05) is 6.07 Å². The standard InChI is InChI=1S/C23H22F2N8O2S/c1-32-9-7-13(22(32)34)21-27-10-18(36-21)16-5-3-4-14(28-16)15-6-8-26-23(29-15)30-17-11-33(12-19(24)25)31-20(17)35-2/h3-6,8,10-11,13,19H,7,9,12H2,1-2H3,(H,26,29,30)/t13-/m0/s1. The van der Waals surface area contributed by atoms with Gasteiger partial charge in [0.05, 0.1) is 41.2 Å². The highest BCUT2D eigenvalue weighted by Crippen LogP contribution is 2.35. The SMILES string of the molecule is COc1nn(CC(F)F)cc1Nc1nccc(-c2cccc(-c3cnc([C@@H]4CCN(C)C4=O)s3)n2)n1. The van der Waals surface area contributed by atoms with Gasteiger partial charge in [0.15, 0.2) is 0 Å². The number of nitrogens with zero attached hydrogens (tertiary/aromatic N) is 7. The molecule has 0 unspecified atom stereocenters. The fourth-order valence-electron chi connectivity index (χ4n) is 3.89. The number of pyridine rings is 1. The molecule has 5 heterocycles. The van der Waals surface area contributed by atoms with Crippen molar-refractivity contribution < 1.29 is 18.3 Å². The van der Waals surface area contributed by atoms with E-state index in [2.05, 4.69) is 25.4 Å². The van der Waals surface area contributed by atoms with E-state index >= 15 is 0 Å². The number of ether oxygens (including phenoxy) is 1. The normalized spacial score (nSPS) is 15.6. The summed E-state index contributed by atoms with van der Waals surface area (Å²) in [5, 5.41) is 7.75. The lowest BCUT2D eigenvalue weighted by Gasteiger charge is -2.07. The van der Waals surface area contributed by atoms with Gasteiger partial charge in [-0.25, -0.2) is 28.7 Å². The highest BCUT2D eigenvalue weighted by atomic mass is 32.1.